The number of hydrogen-bond donors (Lipinski definition) is 0. The van der Waals surface area contributed by atoms with Crippen molar-refractivity contribution in [3.8, 4) is 0 Å². The van der Waals surface area contributed by atoms with Crippen molar-refractivity contribution < 1.29 is 27.7 Å². The van der Waals surface area contributed by atoms with E-state index in [0.29, 0.717) is 5.19 Å². The third-order valence-corrected chi connectivity index (χ3v) is 5.46. The number of carbonyl (C=O) groups excluding carboxylic acids is 3. The number of rotatable bonds is 4. The zero-order valence-corrected chi connectivity index (χ0v) is 14.3. The molecule has 6 nitrogen and oxygen atoms in total. The van der Waals surface area contributed by atoms with Crippen LogP contribution in [0.3, 0.4) is 0 Å². The normalized spacial score (nSPS) is 10.6. The summed E-state index contributed by atoms with van der Waals surface area (Å²) in [4.78, 5) is 33.9. The zero-order valence-electron chi connectivity index (χ0n) is 11.1. The largest absolute Gasteiger partial charge is 0.742 e. The minimum atomic E-state index is -3.94. The molecule has 0 radical (unpaired) electrons. The molecule has 8 heteroatoms. The number of halogens is 1. The standard InChI is InChI=1S/C12H13IO6Si/c1-8(14)17-20(18-9(2)15,19-10(3)16)12-6-4-11(13)5-7-12/h4-7H,1-3H3. The van der Waals surface area contributed by atoms with Gasteiger partial charge in [-0.2, -0.15) is 0 Å². The highest BCUT2D eigenvalue weighted by molar-refractivity contribution is 14.1. The summed E-state index contributed by atoms with van der Waals surface area (Å²) >= 11 is 2.09. The molecule has 0 saturated carbocycles. The van der Waals surface area contributed by atoms with Gasteiger partial charge in [0.2, 0.25) is 0 Å². The fraction of sp³-hybridized carbons (Fsp3) is 0.250. The van der Waals surface area contributed by atoms with Crippen molar-refractivity contribution in [3.63, 3.8) is 0 Å². The first-order chi connectivity index (χ1) is 9.25. The van der Waals surface area contributed by atoms with Crippen molar-refractivity contribution in [1.29, 1.82) is 0 Å². The Labute approximate surface area is 130 Å². The molecule has 0 saturated heterocycles. The van der Waals surface area contributed by atoms with Crippen LogP contribution in [0.25, 0.3) is 0 Å². The number of carbonyl (C=O) groups is 3. The van der Waals surface area contributed by atoms with Gasteiger partial charge in [0.05, 0.1) is 5.19 Å². The van der Waals surface area contributed by atoms with Gasteiger partial charge in [-0.15, -0.1) is 0 Å². The van der Waals surface area contributed by atoms with Crippen LogP contribution in [0.15, 0.2) is 24.3 Å². The van der Waals surface area contributed by atoms with Gasteiger partial charge in [0.1, 0.15) is 0 Å². The molecular formula is C12H13IO6Si. The summed E-state index contributed by atoms with van der Waals surface area (Å²) < 4.78 is 16.2. The Kier molecular flexibility index (Phi) is 5.69. The molecule has 0 amide bonds. The maximum atomic E-state index is 11.3. The molecule has 0 aliphatic heterocycles. The minimum absolute atomic E-state index is 0.360. The molecule has 1 rings (SSSR count). The highest BCUT2D eigenvalue weighted by atomic mass is 127. The van der Waals surface area contributed by atoms with Crippen molar-refractivity contribution >= 4 is 54.5 Å². The third-order valence-electron chi connectivity index (χ3n) is 2.03. The average Bonchev–Trinajstić information content (AvgIpc) is 2.26. The molecule has 1 aromatic rings. The van der Waals surface area contributed by atoms with E-state index in [4.69, 9.17) is 13.3 Å². The van der Waals surface area contributed by atoms with E-state index in [-0.39, 0.29) is 0 Å². The van der Waals surface area contributed by atoms with E-state index in [1.165, 1.54) is 0 Å². The molecule has 0 heterocycles. The van der Waals surface area contributed by atoms with Gasteiger partial charge in [-0.25, -0.2) is 0 Å². The van der Waals surface area contributed by atoms with Gasteiger partial charge in [-0.05, 0) is 34.7 Å². The highest BCUT2D eigenvalue weighted by Gasteiger charge is 2.54. The second-order valence-corrected chi connectivity index (χ2v) is 7.39. The molecule has 0 N–H and O–H groups in total. The summed E-state index contributed by atoms with van der Waals surface area (Å²) in [5.74, 6) is -2.09. The van der Waals surface area contributed by atoms with E-state index < -0.39 is 26.7 Å². The molecule has 108 valence electrons. The van der Waals surface area contributed by atoms with Crippen molar-refractivity contribution in [3.05, 3.63) is 27.8 Å². The fourth-order valence-electron chi connectivity index (χ4n) is 1.46. The molecule has 0 spiro atoms. The molecule has 0 bridgehead atoms. The van der Waals surface area contributed by atoms with E-state index in [2.05, 4.69) is 22.6 Å². The van der Waals surface area contributed by atoms with Crippen LogP contribution in [-0.2, 0) is 27.7 Å². The molecule has 0 unspecified atom stereocenters. The molecule has 0 aromatic heterocycles. The Bertz CT molecular complexity index is 486. The molecule has 0 aliphatic rings. The topological polar surface area (TPSA) is 78.9 Å². The first-order valence-corrected chi connectivity index (χ1v) is 8.40. The number of benzene rings is 1. The second kappa shape index (κ2) is 6.84. The summed E-state index contributed by atoms with van der Waals surface area (Å²) in [6, 6.07) is 6.66. The molecule has 0 fully saturated rings. The summed E-state index contributed by atoms with van der Waals surface area (Å²) in [7, 11) is -3.94. The molecule has 0 aliphatic carbocycles. The quantitative estimate of drug-likeness (QED) is 0.549. The SMILES string of the molecule is CC(=O)O[Si](OC(C)=O)(OC(C)=O)c1ccc(I)cc1. The van der Waals surface area contributed by atoms with Gasteiger partial charge in [-0.3, -0.25) is 14.4 Å². The van der Waals surface area contributed by atoms with Crippen LogP contribution >= 0.6 is 22.6 Å². The second-order valence-electron chi connectivity index (χ2n) is 3.84. The lowest BCUT2D eigenvalue weighted by Crippen LogP contribution is -2.59. The number of hydrogen-bond acceptors (Lipinski definition) is 6. The minimum Gasteiger partial charge on any atom is -0.452 e. The summed E-state index contributed by atoms with van der Waals surface area (Å²) in [6.07, 6.45) is 0. The zero-order chi connectivity index (χ0) is 15.3. The lowest BCUT2D eigenvalue weighted by molar-refractivity contribution is -0.146. The van der Waals surface area contributed by atoms with E-state index in [9.17, 15) is 14.4 Å². The molecular weight excluding hydrogens is 395 g/mol. The van der Waals surface area contributed by atoms with Crippen molar-refractivity contribution in [1.82, 2.24) is 0 Å². The summed E-state index contributed by atoms with van der Waals surface area (Å²) in [5, 5.41) is 0.360. The van der Waals surface area contributed by atoms with Crippen molar-refractivity contribution in [2.75, 3.05) is 0 Å². The summed E-state index contributed by atoms with van der Waals surface area (Å²) in [5.41, 5.74) is 0. The van der Waals surface area contributed by atoms with Gasteiger partial charge < -0.3 is 13.3 Å². The molecule has 20 heavy (non-hydrogen) atoms. The molecule has 1 aromatic carbocycles. The van der Waals surface area contributed by atoms with Crippen molar-refractivity contribution in [2.24, 2.45) is 0 Å². The lowest BCUT2D eigenvalue weighted by atomic mass is 10.4. The highest BCUT2D eigenvalue weighted by Crippen LogP contribution is 2.13. The van der Waals surface area contributed by atoms with E-state index in [1.807, 2.05) is 0 Å². The van der Waals surface area contributed by atoms with Crippen LogP contribution < -0.4 is 5.19 Å². The molecule has 0 atom stereocenters. The Morgan fingerprint density at radius 2 is 1.20 bits per heavy atom. The van der Waals surface area contributed by atoms with Gasteiger partial charge in [-0.1, -0.05) is 12.1 Å². The Morgan fingerprint density at radius 1 is 0.850 bits per heavy atom. The van der Waals surface area contributed by atoms with Gasteiger partial charge in [0.25, 0.3) is 17.9 Å². The van der Waals surface area contributed by atoms with E-state index in [0.717, 1.165) is 24.3 Å². The van der Waals surface area contributed by atoms with Crippen molar-refractivity contribution in [2.45, 2.75) is 20.8 Å². The van der Waals surface area contributed by atoms with Crippen LogP contribution in [0.4, 0.5) is 0 Å². The predicted molar refractivity (Wildman–Crippen MR) is 79.8 cm³/mol. The van der Waals surface area contributed by atoms with Crippen LogP contribution in [0.5, 0.6) is 0 Å². The van der Waals surface area contributed by atoms with Gasteiger partial charge >= 0.3 is 8.80 Å². The van der Waals surface area contributed by atoms with Gasteiger partial charge in [0.15, 0.2) is 0 Å². The first-order valence-electron chi connectivity index (χ1n) is 5.60. The predicted octanol–water partition coefficient (Wildman–Crippen LogP) is 1.13. The monoisotopic (exact) mass is 408 g/mol. The smallest absolute Gasteiger partial charge is 0.452 e. The average molecular weight is 408 g/mol. The first kappa shape index (κ1) is 16.6. The Morgan fingerprint density at radius 3 is 1.50 bits per heavy atom. The van der Waals surface area contributed by atoms with Crippen LogP contribution in [0.1, 0.15) is 20.8 Å². The van der Waals surface area contributed by atoms with Crippen LogP contribution in [0, 0.1) is 3.57 Å². The lowest BCUT2D eigenvalue weighted by Gasteiger charge is -2.26. The Balaban J connectivity index is 3.32. The van der Waals surface area contributed by atoms with Crippen LogP contribution in [-0.4, -0.2) is 26.7 Å². The maximum absolute atomic E-state index is 11.3. The van der Waals surface area contributed by atoms with E-state index in [1.54, 1.807) is 24.3 Å². The van der Waals surface area contributed by atoms with Crippen LogP contribution in [0.2, 0.25) is 0 Å². The van der Waals surface area contributed by atoms with Gasteiger partial charge in [0, 0.05) is 24.3 Å². The van der Waals surface area contributed by atoms with E-state index >= 15 is 0 Å². The fourth-order valence-corrected chi connectivity index (χ4v) is 4.01. The third kappa shape index (κ3) is 4.60. The Hall–Kier alpha value is -1.42. The maximum Gasteiger partial charge on any atom is 0.742 e. The summed E-state index contributed by atoms with van der Waals surface area (Å²) in [6.45, 7) is 3.46.